The van der Waals surface area contributed by atoms with Crippen molar-refractivity contribution in [3.63, 3.8) is 0 Å². The summed E-state index contributed by atoms with van der Waals surface area (Å²) in [5.41, 5.74) is -1.35. The number of rotatable bonds is 9. The van der Waals surface area contributed by atoms with Crippen LogP contribution < -0.4 is 20.3 Å². The highest BCUT2D eigenvalue weighted by Gasteiger charge is 2.80. The largest absolute Gasteiger partial charge is 0.496 e. The molecule has 68 heavy (non-hydrogen) atoms. The number of nitrogens with one attached hydrogen (secondary N) is 3. The molecule has 10 rings (SSSR count). The summed E-state index contributed by atoms with van der Waals surface area (Å²) in [6, 6.07) is 11.0. The molecule has 10 atom stereocenters. The van der Waals surface area contributed by atoms with Crippen LogP contribution in [0.4, 0.5) is 10.5 Å². The third-order valence-electron chi connectivity index (χ3n) is 18.0. The van der Waals surface area contributed by atoms with Crippen LogP contribution in [0.2, 0.25) is 0 Å². The zero-order valence-corrected chi connectivity index (χ0v) is 40.9. The van der Waals surface area contributed by atoms with Gasteiger partial charge in [0.2, 0.25) is 5.60 Å². The number of esters is 3. The summed E-state index contributed by atoms with van der Waals surface area (Å²) in [5.74, 6) is -1.56. The maximum atomic E-state index is 15.7. The van der Waals surface area contributed by atoms with Gasteiger partial charge in [-0.25, -0.2) is 9.59 Å². The minimum Gasteiger partial charge on any atom is -0.496 e. The predicted octanol–water partition coefficient (Wildman–Crippen LogP) is 5.63. The number of H-pyrrole nitrogens is 1. The Balaban J connectivity index is 1.19. The molecular formula is C53H70N6O9. The quantitative estimate of drug-likeness (QED) is 0.119. The van der Waals surface area contributed by atoms with Gasteiger partial charge in [-0.05, 0) is 87.1 Å². The van der Waals surface area contributed by atoms with Crippen LogP contribution in [0.1, 0.15) is 107 Å². The van der Waals surface area contributed by atoms with E-state index in [2.05, 4.69) is 62.7 Å². The first-order valence-corrected chi connectivity index (χ1v) is 25.0. The molecule has 15 nitrogen and oxygen atoms in total. The average Bonchev–Trinajstić information content (AvgIpc) is 4.00. The molecule has 4 fully saturated rings. The summed E-state index contributed by atoms with van der Waals surface area (Å²) < 4.78 is 24.3. The fourth-order valence-corrected chi connectivity index (χ4v) is 15.4. The van der Waals surface area contributed by atoms with Gasteiger partial charge in [0.05, 0.1) is 32.9 Å². The van der Waals surface area contributed by atoms with E-state index in [0.29, 0.717) is 82.6 Å². The monoisotopic (exact) mass is 935 g/mol. The Morgan fingerprint density at radius 3 is 2.40 bits per heavy atom. The second-order valence-corrected chi connectivity index (χ2v) is 21.2. The standard InChI is InChI=1S/C53H70N6O9/c1-8-49(56-48(63)54-34-16-11-10-12-17-34)28-33-29-52(46(61)66-6,42-36(20-24-58(30-33)31-49)35-18-13-14-19-39(35)55-42)38-26-37-40(27-41(38)65-5)57(4)44-51(37)22-25-59-23-15-21-50(9-2,43(51)59)45(68-32(3)60)53(44,64)47(62)67-7/h13-15,18-19,21,26-27,33-34,43-45,55,64H,8-12,16-17,20,22-25,28-31H2,1-7H3,(H2,54,56,63)/t33-,43+,44-,45-,49+,50-,51-,52+,53+/m1/s1. The van der Waals surface area contributed by atoms with Crippen LogP contribution in [0, 0.1) is 11.3 Å². The van der Waals surface area contributed by atoms with E-state index in [1.165, 1.54) is 27.6 Å². The molecular weight excluding hydrogens is 865 g/mol. The highest BCUT2D eigenvalue weighted by atomic mass is 16.6. The average molecular weight is 935 g/mol. The van der Waals surface area contributed by atoms with Gasteiger partial charge in [0.1, 0.15) is 11.2 Å². The third-order valence-corrected chi connectivity index (χ3v) is 18.0. The summed E-state index contributed by atoms with van der Waals surface area (Å²) in [7, 11) is 6.20. The van der Waals surface area contributed by atoms with Crippen LogP contribution in [0.15, 0.2) is 48.6 Å². The number of hydrogen-bond acceptors (Lipinski definition) is 12. The van der Waals surface area contributed by atoms with Crippen molar-refractivity contribution >= 4 is 40.5 Å². The number of ether oxygens (including phenoxy) is 4. The van der Waals surface area contributed by atoms with Gasteiger partial charge in [-0.1, -0.05) is 63.5 Å². The molecule has 4 N–H and O–H groups in total. The molecule has 5 aliphatic heterocycles. The SMILES string of the molecule is CC[C@]1(NC(=O)NC2CCCCC2)C[C@H]2CN(CCc3c([nH]c4ccccc34)[C@@](C(=O)OC)(c3cc4c(cc3OC)N(C)[C@H]3[C@@](O)(C(=O)OC)[C@H](OC(C)=O)[C@]5(CC)C=CCN6CC[C@]43[C@@H]65)C2)C1. The normalized spacial score (nSPS) is 35.1. The summed E-state index contributed by atoms with van der Waals surface area (Å²) in [6.07, 6.45) is 11.6. The number of hydrogen-bond donors (Lipinski definition) is 4. The van der Waals surface area contributed by atoms with Gasteiger partial charge in [0.15, 0.2) is 6.10 Å². The smallest absolute Gasteiger partial charge is 0.344 e. The molecule has 3 aromatic rings. The molecule has 2 amide bonds. The van der Waals surface area contributed by atoms with Crippen LogP contribution in [-0.2, 0) is 45.8 Å². The van der Waals surface area contributed by atoms with Crippen LogP contribution >= 0.6 is 0 Å². The van der Waals surface area contributed by atoms with Gasteiger partial charge >= 0.3 is 23.9 Å². The van der Waals surface area contributed by atoms with Crippen molar-refractivity contribution in [2.24, 2.45) is 11.3 Å². The Hall–Kier alpha value is -5.12. The molecule has 15 heteroatoms. The van der Waals surface area contributed by atoms with Crippen LogP contribution in [0.25, 0.3) is 10.9 Å². The molecule has 2 aliphatic carbocycles. The van der Waals surface area contributed by atoms with Crippen molar-refractivity contribution in [3.05, 3.63) is 70.9 Å². The van der Waals surface area contributed by atoms with Gasteiger partial charge in [-0.3, -0.25) is 14.5 Å². The Labute approximate surface area is 399 Å². The predicted molar refractivity (Wildman–Crippen MR) is 257 cm³/mol. The van der Waals surface area contributed by atoms with E-state index in [1.807, 2.05) is 37.1 Å². The molecule has 2 saturated heterocycles. The summed E-state index contributed by atoms with van der Waals surface area (Å²) >= 11 is 0. The number of methoxy groups -OCH3 is 3. The van der Waals surface area contributed by atoms with Gasteiger partial charge in [0, 0.05) is 97.0 Å². The molecule has 1 spiro atoms. The van der Waals surface area contributed by atoms with Crippen molar-refractivity contribution in [1.82, 2.24) is 25.4 Å². The second-order valence-electron chi connectivity index (χ2n) is 21.2. The Kier molecular flexibility index (Phi) is 11.7. The van der Waals surface area contributed by atoms with Gasteiger partial charge in [-0.15, -0.1) is 0 Å². The highest BCUT2D eigenvalue weighted by Crippen LogP contribution is 2.68. The molecule has 2 bridgehead atoms. The molecule has 1 unspecified atom stereocenters. The highest BCUT2D eigenvalue weighted by molar-refractivity contribution is 5.95. The number of aromatic amines is 1. The summed E-state index contributed by atoms with van der Waals surface area (Å²) in [5, 5.41) is 21.3. The zero-order chi connectivity index (χ0) is 48.0. The van der Waals surface area contributed by atoms with Crippen molar-refractivity contribution in [1.29, 1.82) is 0 Å². The van der Waals surface area contributed by atoms with Crippen LogP contribution in [0.5, 0.6) is 5.75 Å². The van der Waals surface area contributed by atoms with E-state index in [4.69, 9.17) is 18.9 Å². The number of aromatic nitrogens is 1. The van der Waals surface area contributed by atoms with Crippen molar-refractivity contribution in [3.8, 4) is 5.75 Å². The lowest BCUT2D eigenvalue weighted by molar-refractivity contribution is -0.228. The number of likely N-dealkylation sites (N-methyl/N-ethyl adjacent to an activating group) is 1. The minimum absolute atomic E-state index is 0.0940. The lowest BCUT2D eigenvalue weighted by atomic mass is 9.47. The summed E-state index contributed by atoms with van der Waals surface area (Å²) in [6.45, 7) is 8.88. The topological polar surface area (TPSA) is 175 Å². The number of anilines is 1. The first-order chi connectivity index (χ1) is 32.7. The van der Waals surface area contributed by atoms with Crippen molar-refractivity contribution < 1.29 is 43.2 Å². The summed E-state index contributed by atoms with van der Waals surface area (Å²) in [4.78, 5) is 68.0. The van der Waals surface area contributed by atoms with Crippen molar-refractivity contribution in [2.45, 2.75) is 138 Å². The third kappa shape index (κ3) is 6.60. The molecule has 2 aromatic carbocycles. The fourth-order valence-electron chi connectivity index (χ4n) is 15.4. The number of urea groups is 1. The van der Waals surface area contributed by atoms with Gasteiger partial charge in [0.25, 0.3) is 0 Å². The lowest BCUT2D eigenvalue weighted by Crippen LogP contribution is -2.81. The van der Waals surface area contributed by atoms with E-state index in [0.717, 1.165) is 59.1 Å². The molecule has 6 heterocycles. The zero-order valence-electron chi connectivity index (χ0n) is 40.9. The van der Waals surface area contributed by atoms with Crippen LogP contribution in [-0.4, -0.2) is 140 Å². The maximum Gasteiger partial charge on any atom is 0.344 e. The first-order valence-electron chi connectivity index (χ1n) is 25.0. The number of carbonyl (C=O) groups excluding carboxylic acids is 4. The maximum absolute atomic E-state index is 15.7. The van der Waals surface area contributed by atoms with Crippen molar-refractivity contribution in [2.75, 3.05) is 66.0 Å². The number of carbonyl (C=O) groups is 4. The first kappa shape index (κ1) is 46.6. The Morgan fingerprint density at radius 2 is 1.69 bits per heavy atom. The number of fused-ring (bicyclic) bond motifs is 6. The molecule has 1 aromatic heterocycles. The second kappa shape index (κ2) is 17.1. The molecule has 7 aliphatic rings. The molecule has 0 radical (unpaired) electrons. The van der Waals surface area contributed by atoms with E-state index < -0.39 is 57.4 Å². The lowest BCUT2D eigenvalue weighted by Gasteiger charge is -2.63. The van der Waals surface area contributed by atoms with E-state index in [-0.39, 0.29) is 24.0 Å². The number of nitrogens with zero attached hydrogens (tertiary/aromatic N) is 3. The Bertz CT molecular complexity index is 2540. The number of amides is 2. The van der Waals surface area contributed by atoms with Crippen LogP contribution in [0.3, 0.4) is 0 Å². The van der Waals surface area contributed by atoms with Gasteiger partial charge < -0.3 is 49.5 Å². The van der Waals surface area contributed by atoms with E-state index in [9.17, 15) is 19.5 Å². The minimum atomic E-state index is -2.32. The number of aliphatic hydroxyl groups is 1. The van der Waals surface area contributed by atoms with E-state index >= 15 is 4.79 Å². The fraction of sp³-hybridized carbons (Fsp3) is 0.623. The van der Waals surface area contributed by atoms with E-state index in [1.54, 1.807) is 7.11 Å². The Morgan fingerprint density at radius 1 is 0.926 bits per heavy atom. The van der Waals surface area contributed by atoms with Gasteiger partial charge in [-0.2, -0.15) is 0 Å². The number of piperidine rings is 1. The molecule has 2 saturated carbocycles. The number of para-hydroxylation sites is 1. The number of benzene rings is 2. The molecule has 366 valence electrons.